The first-order valence-corrected chi connectivity index (χ1v) is 7.74. The van der Waals surface area contributed by atoms with Crippen LogP contribution in [-0.2, 0) is 0 Å². The number of carbonyl (C=O) groups is 1. The number of anilines is 1. The molecular weight excluding hydrogens is 322 g/mol. The highest BCUT2D eigenvalue weighted by molar-refractivity contribution is 9.10. The maximum absolute atomic E-state index is 12.6. The molecule has 1 aliphatic rings. The monoisotopic (exact) mass is 341 g/mol. The number of hydrogen-bond donors (Lipinski definition) is 2. The Morgan fingerprint density at radius 2 is 2.45 bits per heavy atom. The zero-order valence-electron chi connectivity index (χ0n) is 11.6. The predicted molar refractivity (Wildman–Crippen MR) is 81.8 cm³/mol. The third-order valence-electron chi connectivity index (χ3n) is 3.46. The number of nitrogens with one attached hydrogen (secondary N) is 1. The van der Waals surface area contributed by atoms with Crippen molar-refractivity contribution in [1.29, 1.82) is 0 Å². The van der Waals surface area contributed by atoms with Crippen LogP contribution in [0.2, 0.25) is 0 Å². The number of aromatic nitrogens is 1. The van der Waals surface area contributed by atoms with Gasteiger partial charge in [0, 0.05) is 42.8 Å². The average Bonchev–Trinajstić information content (AvgIpc) is 2.94. The summed E-state index contributed by atoms with van der Waals surface area (Å²) < 4.78 is 0.792. The molecule has 0 saturated carbocycles. The standard InChI is InChI=1S/C14H20BrN3O2/c1-2-4-16-13-12(6-11(15)7-17-13)14(20)18-5-3-10(8-18)9-19/h6-7,10,19H,2-5,8-9H2,1H3,(H,16,17). The molecule has 1 aromatic rings. The van der Waals surface area contributed by atoms with Gasteiger partial charge >= 0.3 is 0 Å². The minimum absolute atomic E-state index is 0.0200. The Morgan fingerprint density at radius 3 is 3.10 bits per heavy atom. The van der Waals surface area contributed by atoms with Gasteiger partial charge in [-0.25, -0.2) is 4.98 Å². The number of nitrogens with zero attached hydrogens (tertiary/aromatic N) is 2. The van der Waals surface area contributed by atoms with E-state index in [0.717, 1.165) is 23.9 Å². The number of amides is 1. The number of hydrogen-bond acceptors (Lipinski definition) is 4. The number of halogens is 1. The van der Waals surface area contributed by atoms with Crippen LogP contribution in [0.4, 0.5) is 5.82 Å². The number of likely N-dealkylation sites (tertiary alicyclic amines) is 1. The second-order valence-electron chi connectivity index (χ2n) is 5.06. The van der Waals surface area contributed by atoms with E-state index in [1.54, 1.807) is 17.2 Å². The minimum atomic E-state index is -0.0200. The van der Waals surface area contributed by atoms with Gasteiger partial charge in [0.25, 0.3) is 5.91 Å². The van der Waals surface area contributed by atoms with Gasteiger partial charge in [-0.1, -0.05) is 6.92 Å². The fraction of sp³-hybridized carbons (Fsp3) is 0.571. The van der Waals surface area contributed by atoms with Crippen LogP contribution in [0, 0.1) is 5.92 Å². The zero-order valence-corrected chi connectivity index (χ0v) is 13.2. The summed E-state index contributed by atoms with van der Waals surface area (Å²) in [4.78, 5) is 18.7. The number of rotatable bonds is 5. The van der Waals surface area contributed by atoms with Crippen molar-refractivity contribution in [2.24, 2.45) is 5.92 Å². The van der Waals surface area contributed by atoms with Gasteiger partial charge in [0.15, 0.2) is 0 Å². The Bertz CT molecular complexity index is 481. The Hall–Kier alpha value is -1.14. The quantitative estimate of drug-likeness (QED) is 0.860. The third kappa shape index (κ3) is 3.49. The van der Waals surface area contributed by atoms with Crippen LogP contribution >= 0.6 is 15.9 Å². The first-order chi connectivity index (χ1) is 9.65. The molecule has 2 heterocycles. The normalized spacial score (nSPS) is 18.4. The van der Waals surface area contributed by atoms with Gasteiger partial charge in [-0.3, -0.25) is 4.79 Å². The summed E-state index contributed by atoms with van der Waals surface area (Å²) in [5.41, 5.74) is 0.589. The van der Waals surface area contributed by atoms with E-state index < -0.39 is 0 Å². The molecule has 0 aromatic carbocycles. The molecule has 6 heteroatoms. The van der Waals surface area contributed by atoms with Crippen molar-refractivity contribution in [3.05, 3.63) is 22.3 Å². The molecule has 2 N–H and O–H groups in total. The summed E-state index contributed by atoms with van der Waals surface area (Å²) in [6.07, 6.45) is 3.53. The SMILES string of the molecule is CCCNc1ncc(Br)cc1C(=O)N1CCC(CO)C1. The smallest absolute Gasteiger partial charge is 0.257 e. The van der Waals surface area contributed by atoms with E-state index in [-0.39, 0.29) is 18.4 Å². The summed E-state index contributed by atoms with van der Waals surface area (Å²) >= 11 is 3.37. The van der Waals surface area contributed by atoms with Crippen LogP contribution < -0.4 is 5.32 Å². The Kier molecular flexibility index (Phi) is 5.37. The molecule has 1 saturated heterocycles. The molecule has 1 aliphatic heterocycles. The summed E-state index contributed by atoms with van der Waals surface area (Å²) in [6, 6.07) is 1.81. The van der Waals surface area contributed by atoms with Gasteiger partial charge in [0.05, 0.1) is 5.56 Å². The molecule has 110 valence electrons. The third-order valence-corrected chi connectivity index (χ3v) is 3.89. The lowest BCUT2D eigenvalue weighted by Gasteiger charge is -2.18. The van der Waals surface area contributed by atoms with E-state index in [1.807, 2.05) is 0 Å². The molecule has 2 rings (SSSR count). The Labute approximate surface area is 127 Å². The van der Waals surface area contributed by atoms with Crippen LogP contribution in [0.1, 0.15) is 30.1 Å². The fourth-order valence-corrected chi connectivity index (χ4v) is 2.65. The molecular formula is C14H20BrN3O2. The highest BCUT2D eigenvalue weighted by atomic mass is 79.9. The number of carbonyl (C=O) groups excluding carboxylic acids is 1. The van der Waals surface area contributed by atoms with Gasteiger partial charge in [0.1, 0.15) is 5.82 Å². The van der Waals surface area contributed by atoms with Crippen molar-refractivity contribution in [2.75, 3.05) is 31.6 Å². The van der Waals surface area contributed by atoms with Crippen molar-refractivity contribution < 1.29 is 9.90 Å². The minimum Gasteiger partial charge on any atom is -0.396 e. The molecule has 5 nitrogen and oxygen atoms in total. The van der Waals surface area contributed by atoms with Crippen LogP contribution in [0.25, 0.3) is 0 Å². The number of aliphatic hydroxyl groups is 1. The largest absolute Gasteiger partial charge is 0.396 e. The van der Waals surface area contributed by atoms with Gasteiger partial charge in [-0.15, -0.1) is 0 Å². The second kappa shape index (κ2) is 7.04. The number of pyridine rings is 1. The summed E-state index contributed by atoms with van der Waals surface area (Å²) in [5, 5.41) is 12.4. The molecule has 20 heavy (non-hydrogen) atoms. The lowest BCUT2D eigenvalue weighted by Crippen LogP contribution is -2.30. The van der Waals surface area contributed by atoms with Gasteiger partial charge in [0.2, 0.25) is 0 Å². The van der Waals surface area contributed by atoms with Crippen LogP contribution in [0.5, 0.6) is 0 Å². The van der Waals surface area contributed by atoms with Crippen LogP contribution in [0.15, 0.2) is 16.7 Å². The molecule has 0 aliphatic carbocycles. The molecule has 1 atom stereocenters. The Balaban J connectivity index is 2.17. The molecule has 1 amide bonds. The summed E-state index contributed by atoms with van der Waals surface area (Å²) in [7, 11) is 0. The maximum atomic E-state index is 12.6. The van der Waals surface area contributed by atoms with Gasteiger partial charge in [-0.05, 0) is 34.8 Å². The zero-order chi connectivity index (χ0) is 14.5. The molecule has 0 bridgehead atoms. The van der Waals surface area contributed by atoms with E-state index >= 15 is 0 Å². The van der Waals surface area contributed by atoms with Gasteiger partial charge < -0.3 is 15.3 Å². The molecule has 1 aromatic heterocycles. The predicted octanol–water partition coefficient (Wildman–Crippen LogP) is 2.12. The van der Waals surface area contributed by atoms with Crippen molar-refractivity contribution in [3.8, 4) is 0 Å². The highest BCUT2D eigenvalue weighted by Crippen LogP contribution is 2.23. The first kappa shape index (κ1) is 15.3. The van der Waals surface area contributed by atoms with Crippen LogP contribution in [-0.4, -0.2) is 47.1 Å². The van der Waals surface area contributed by atoms with Crippen molar-refractivity contribution in [2.45, 2.75) is 19.8 Å². The lowest BCUT2D eigenvalue weighted by atomic mass is 10.1. The topological polar surface area (TPSA) is 65.5 Å². The van der Waals surface area contributed by atoms with E-state index in [2.05, 4.69) is 33.2 Å². The van der Waals surface area contributed by atoms with E-state index in [0.29, 0.717) is 24.5 Å². The Morgan fingerprint density at radius 1 is 1.65 bits per heavy atom. The maximum Gasteiger partial charge on any atom is 0.257 e. The fourth-order valence-electron chi connectivity index (χ4n) is 2.32. The van der Waals surface area contributed by atoms with Gasteiger partial charge in [-0.2, -0.15) is 0 Å². The summed E-state index contributed by atoms with van der Waals surface area (Å²) in [6.45, 7) is 4.31. The average molecular weight is 342 g/mol. The molecule has 0 spiro atoms. The molecule has 1 fully saturated rings. The number of aliphatic hydroxyl groups excluding tert-OH is 1. The highest BCUT2D eigenvalue weighted by Gasteiger charge is 2.28. The second-order valence-corrected chi connectivity index (χ2v) is 5.98. The molecule has 1 unspecified atom stereocenters. The molecule has 0 radical (unpaired) electrons. The van der Waals surface area contributed by atoms with E-state index in [4.69, 9.17) is 0 Å². The summed E-state index contributed by atoms with van der Waals surface area (Å²) in [5.74, 6) is 0.812. The van der Waals surface area contributed by atoms with E-state index in [9.17, 15) is 9.90 Å². The van der Waals surface area contributed by atoms with Crippen molar-refractivity contribution in [3.63, 3.8) is 0 Å². The van der Waals surface area contributed by atoms with E-state index in [1.165, 1.54) is 0 Å². The van der Waals surface area contributed by atoms with Crippen LogP contribution in [0.3, 0.4) is 0 Å². The first-order valence-electron chi connectivity index (χ1n) is 6.95. The van der Waals surface area contributed by atoms with Crippen molar-refractivity contribution in [1.82, 2.24) is 9.88 Å². The lowest BCUT2D eigenvalue weighted by molar-refractivity contribution is 0.0782. The van der Waals surface area contributed by atoms with Crippen molar-refractivity contribution >= 4 is 27.7 Å².